The number of H-pyrrole nitrogens is 1. The van der Waals surface area contributed by atoms with E-state index in [-0.39, 0.29) is 27.1 Å². The van der Waals surface area contributed by atoms with Crippen LogP contribution in [0.1, 0.15) is 16.8 Å². The summed E-state index contributed by atoms with van der Waals surface area (Å²) >= 11 is 6.26. The summed E-state index contributed by atoms with van der Waals surface area (Å²) in [6, 6.07) is 14.0. The quantitative estimate of drug-likeness (QED) is 0.345. The molecule has 1 amide bonds. The van der Waals surface area contributed by atoms with Crippen molar-refractivity contribution < 1.29 is 27.4 Å². The topological polar surface area (TPSA) is 120 Å². The van der Waals surface area contributed by atoms with Crippen molar-refractivity contribution in [3.8, 4) is 17.2 Å². The molecule has 0 radical (unpaired) electrons. The molecule has 1 aliphatic rings. The summed E-state index contributed by atoms with van der Waals surface area (Å²) in [6.07, 6.45) is 4.16. The lowest BCUT2D eigenvalue weighted by molar-refractivity contribution is 0.0979. The predicted molar refractivity (Wildman–Crippen MR) is 133 cm³/mol. The summed E-state index contributed by atoms with van der Waals surface area (Å²) in [5, 5.41) is 0.957. The Balaban J connectivity index is 1.30. The summed E-state index contributed by atoms with van der Waals surface area (Å²) in [6.45, 7) is 1.75. The van der Waals surface area contributed by atoms with Gasteiger partial charge in [-0.15, -0.1) is 0 Å². The smallest absolute Gasteiger partial charge is 0.268 e. The normalized spacial score (nSPS) is 15.6. The number of aromatic amines is 1. The van der Waals surface area contributed by atoms with Gasteiger partial charge in [-0.3, -0.25) is 4.79 Å². The number of amides is 1. The predicted octanol–water partition coefficient (Wildman–Crippen LogP) is 4.54. The van der Waals surface area contributed by atoms with E-state index in [4.69, 9.17) is 25.8 Å². The Morgan fingerprint density at radius 1 is 1.17 bits per heavy atom. The molecule has 4 aromatic rings. The first-order valence-corrected chi connectivity index (χ1v) is 13.0. The molecule has 1 fully saturated rings. The van der Waals surface area contributed by atoms with Crippen LogP contribution in [0.2, 0.25) is 5.02 Å². The summed E-state index contributed by atoms with van der Waals surface area (Å²) in [5.74, 6) is 0.364. The number of pyridine rings is 1. The average Bonchev–Trinajstić information content (AvgIpc) is 3.55. The maximum atomic E-state index is 13.0. The van der Waals surface area contributed by atoms with Gasteiger partial charge in [0.25, 0.3) is 15.9 Å². The van der Waals surface area contributed by atoms with E-state index in [1.54, 1.807) is 30.5 Å². The van der Waals surface area contributed by atoms with Crippen molar-refractivity contribution in [2.24, 2.45) is 5.92 Å². The summed E-state index contributed by atoms with van der Waals surface area (Å²) < 4.78 is 44.8. The van der Waals surface area contributed by atoms with E-state index in [1.165, 1.54) is 30.5 Å². The first kappa shape index (κ1) is 24.1. The second-order valence-corrected chi connectivity index (χ2v) is 10.3. The number of benzene rings is 2. The van der Waals surface area contributed by atoms with Crippen LogP contribution in [-0.2, 0) is 14.8 Å². The standard InChI is InChI=1S/C25H22ClN3O6S/c26-21-12-19(5-6-23(21)34-15-16-8-10-33-14-16)36(31,32)29-25(30)20-3-1-2-4-22(20)35-18-11-17-7-9-27-24(17)28-13-18/h1-7,9,11-13,16H,8,10,14-15H2,(H,27,28)(H,29,30). The molecule has 0 aliphatic carbocycles. The zero-order chi connectivity index (χ0) is 25.1. The molecule has 9 nitrogen and oxygen atoms in total. The zero-order valence-corrected chi connectivity index (χ0v) is 20.5. The fraction of sp³-hybridized carbons (Fsp3) is 0.200. The van der Waals surface area contributed by atoms with Crippen LogP contribution in [0.25, 0.3) is 11.0 Å². The Hall–Kier alpha value is -3.60. The van der Waals surface area contributed by atoms with Crippen molar-refractivity contribution in [1.29, 1.82) is 0 Å². The van der Waals surface area contributed by atoms with Crippen molar-refractivity contribution in [3.05, 3.63) is 77.6 Å². The molecule has 0 spiro atoms. The Kier molecular flexibility index (Phi) is 6.82. The van der Waals surface area contributed by atoms with E-state index >= 15 is 0 Å². The lowest BCUT2D eigenvalue weighted by Gasteiger charge is -2.14. The molecule has 11 heteroatoms. The van der Waals surface area contributed by atoms with Gasteiger partial charge in [0, 0.05) is 24.1 Å². The van der Waals surface area contributed by atoms with Crippen LogP contribution in [0, 0.1) is 5.92 Å². The Morgan fingerprint density at radius 2 is 2.03 bits per heavy atom. The van der Waals surface area contributed by atoms with Gasteiger partial charge >= 0.3 is 0 Å². The molecule has 2 aromatic carbocycles. The maximum Gasteiger partial charge on any atom is 0.268 e. The van der Waals surface area contributed by atoms with Crippen molar-refractivity contribution in [3.63, 3.8) is 0 Å². The number of carbonyl (C=O) groups is 1. The number of fused-ring (bicyclic) bond motifs is 1. The monoisotopic (exact) mass is 527 g/mol. The SMILES string of the molecule is O=C(NS(=O)(=O)c1ccc(OCC2CCOC2)c(Cl)c1)c1ccccc1Oc1cnc2[nH]ccc2c1. The number of sulfonamides is 1. The highest BCUT2D eigenvalue weighted by atomic mass is 35.5. The third-order valence-corrected chi connectivity index (χ3v) is 7.30. The van der Waals surface area contributed by atoms with Crippen LogP contribution in [0.15, 0.2) is 71.9 Å². The number of para-hydroxylation sites is 1. The van der Waals surface area contributed by atoms with E-state index in [0.717, 1.165) is 11.8 Å². The van der Waals surface area contributed by atoms with Crippen LogP contribution in [0.5, 0.6) is 17.2 Å². The second kappa shape index (κ2) is 10.2. The minimum Gasteiger partial charge on any atom is -0.492 e. The molecule has 2 aromatic heterocycles. The minimum atomic E-state index is -4.22. The van der Waals surface area contributed by atoms with Crippen LogP contribution in [0.3, 0.4) is 0 Å². The number of halogens is 1. The van der Waals surface area contributed by atoms with Crippen LogP contribution >= 0.6 is 11.6 Å². The minimum absolute atomic E-state index is 0.0417. The van der Waals surface area contributed by atoms with Crippen molar-refractivity contribution in [2.45, 2.75) is 11.3 Å². The van der Waals surface area contributed by atoms with Gasteiger partial charge < -0.3 is 19.2 Å². The number of aromatic nitrogens is 2. The number of rotatable bonds is 8. The molecule has 2 N–H and O–H groups in total. The van der Waals surface area contributed by atoms with Crippen molar-refractivity contribution in [1.82, 2.24) is 14.7 Å². The first-order chi connectivity index (χ1) is 17.4. The van der Waals surface area contributed by atoms with Gasteiger partial charge in [0.15, 0.2) is 0 Å². The molecule has 3 heterocycles. The van der Waals surface area contributed by atoms with E-state index in [9.17, 15) is 13.2 Å². The fourth-order valence-corrected chi connectivity index (χ4v) is 5.06. The van der Waals surface area contributed by atoms with E-state index < -0.39 is 15.9 Å². The van der Waals surface area contributed by atoms with Gasteiger partial charge in [0.05, 0.1) is 34.9 Å². The number of carbonyl (C=O) groups excluding carboxylic acids is 1. The lowest BCUT2D eigenvalue weighted by atomic mass is 10.1. The van der Waals surface area contributed by atoms with Gasteiger partial charge in [-0.25, -0.2) is 18.1 Å². The Labute approximate surface area is 212 Å². The van der Waals surface area contributed by atoms with Crippen LogP contribution < -0.4 is 14.2 Å². The molecule has 5 rings (SSSR count). The molecule has 1 unspecified atom stereocenters. The third-order valence-electron chi connectivity index (χ3n) is 5.67. The van der Waals surface area contributed by atoms with E-state index in [1.807, 2.05) is 6.07 Å². The van der Waals surface area contributed by atoms with Crippen molar-refractivity contribution >= 4 is 38.6 Å². The summed E-state index contributed by atoms with van der Waals surface area (Å²) in [5.41, 5.74) is 0.738. The highest BCUT2D eigenvalue weighted by Gasteiger charge is 2.23. The lowest BCUT2D eigenvalue weighted by Crippen LogP contribution is -2.30. The number of nitrogens with one attached hydrogen (secondary N) is 2. The van der Waals surface area contributed by atoms with Gasteiger partial charge in [-0.2, -0.15) is 0 Å². The van der Waals surface area contributed by atoms with Gasteiger partial charge in [-0.1, -0.05) is 23.7 Å². The molecular formula is C25H22ClN3O6S. The number of hydrogen-bond donors (Lipinski definition) is 2. The number of hydrogen-bond acceptors (Lipinski definition) is 7. The molecule has 0 saturated carbocycles. The van der Waals surface area contributed by atoms with Crippen LogP contribution in [-0.4, -0.2) is 44.1 Å². The van der Waals surface area contributed by atoms with Gasteiger partial charge in [-0.05, 0) is 48.9 Å². The van der Waals surface area contributed by atoms with Gasteiger partial charge in [0.2, 0.25) is 0 Å². The van der Waals surface area contributed by atoms with Crippen LogP contribution in [0.4, 0.5) is 0 Å². The Morgan fingerprint density at radius 3 is 2.83 bits per heavy atom. The molecule has 1 atom stereocenters. The average molecular weight is 528 g/mol. The summed E-state index contributed by atoms with van der Waals surface area (Å²) in [4.78, 5) is 20.0. The summed E-state index contributed by atoms with van der Waals surface area (Å²) in [7, 11) is -4.22. The fourth-order valence-electron chi connectivity index (χ4n) is 3.77. The molecule has 0 bridgehead atoms. The highest BCUT2D eigenvalue weighted by molar-refractivity contribution is 7.90. The number of nitrogens with zero attached hydrogens (tertiary/aromatic N) is 1. The highest BCUT2D eigenvalue weighted by Crippen LogP contribution is 2.30. The number of ether oxygens (including phenoxy) is 3. The second-order valence-electron chi connectivity index (χ2n) is 8.25. The van der Waals surface area contributed by atoms with E-state index in [2.05, 4.69) is 14.7 Å². The molecule has 186 valence electrons. The molecule has 36 heavy (non-hydrogen) atoms. The van der Waals surface area contributed by atoms with E-state index in [0.29, 0.717) is 37.0 Å². The molecular weight excluding hydrogens is 506 g/mol. The molecule has 1 saturated heterocycles. The third kappa shape index (κ3) is 5.30. The van der Waals surface area contributed by atoms with Gasteiger partial charge in [0.1, 0.15) is 22.9 Å². The maximum absolute atomic E-state index is 13.0. The Bertz CT molecular complexity index is 1520. The molecule has 1 aliphatic heterocycles. The van der Waals surface area contributed by atoms with Crippen molar-refractivity contribution in [2.75, 3.05) is 19.8 Å². The zero-order valence-electron chi connectivity index (χ0n) is 18.9. The first-order valence-electron chi connectivity index (χ1n) is 11.2. The largest absolute Gasteiger partial charge is 0.492 e.